The quantitative estimate of drug-likeness (QED) is 0.574. The van der Waals surface area contributed by atoms with Crippen LogP contribution >= 0.6 is 11.3 Å². The highest BCUT2D eigenvalue weighted by Crippen LogP contribution is 2.18. The first-order chi connectivity index (χ1) is 12.8. The summed E-state index contributed by atoms with van der Waals surface area (Å²) in [5.41, 5.74) is 3.19. The zero-order valence-electron chi connectivity index (χ0n) is 14.5. The number of methoxy groups -OCH3 is 1. The summed E-state index contributed by atoms with van der Waals surface area (Å²) in [5, 5.41) is 1.94. The number of amides is 1. The van der Waals surface area contributed by atoms with Gasteiger partial charge in [0, 0.05) is 24.6 Å². The van der Waals surface area contributed by atoms with Crippen LogP contribution < -0.4 is 4.74 Å². The molecule has 0 fully saturated rings. The van der Waals surface area contributed by atoms with Crippen LogP contribution in [0.1, 0.15) is 21.8 Å². The van der Waals surface area contributed by atoms with E-state index in [1.165, 1.54) is 11.3 Å². The third-order valence-electron chi connectivity index (χ3n) is 3.73. The standard InChI is InChI=1S/C19H20N2O4S/c1-23-9-7-21(11-18-6-3-8-24-18)19(22)15-4-2-5-17(10-15)25-12-16-13-26-14-20-16/h2-6,8,10,13-14H,7,9,11-12H2,1H3. The van der Waals surface area contributed by atoms with Crippen LogP contribution in [0.15, 0.2) is 58.0 Å². The van der Waals surface area contributed by atoms with Gasteiger partial charge in [0.2, 0.25) is 0 Å². The number of furan rings is 1. The summed E-state index contributed by atoms with van der Waals surface area (Å²) in [5.74, 6) is 1.26. The predicted molar refractivity (Wildman–Crippen MR) is 98.2 cm³/mol. The second-order valence-corrected chi connectivity index (χ2v) is 6.31. The maximum absolute atomic E-state index is 12.9. The van der Waals surface area contributed by atoms with Crippen molar-refractivity contribution in [1.29, 1.82) is 0 Å². The molecule has 0 aliphatic heterocycles. The van der Waals surface area contributed by atoms with Crippen LogP contribution in [0.3, 0.4) is 0 Å². The molecule has 0 atom stereocenters. The van der Waals surface area contributed by atoms with Crippen molar-refractivity contribution in [3.05, 3.63) is 70.6 Å². The molecule has 0 aliphatic rings. The Hall–Kier alpha value is -2.64. The van der Waals surface area contributed by atoms with Crippen LogP contribution in [0.2, 0.25) is 0 Å². The molecular formula is C19H20N2O4S. The lowest BCUT2D eigenvalue weighted by Crippen LogP contribution is -2.33. The Labute approximate surface area is 156 Å². The van der Waals surface area contributed by atoms with Crippen LogP contribution in [0, 0.1) is 0 Å². The minimum atomic E-state index is -0.0995. The van der Waals surface area contributed by atoms with Gasteiger partial charge < -0.3 is 18.8 Å². The van der Waals surface area contributed by atoms with E-state index in [9.17, 15) is 4.79 Å². The average molecular weight is 372 g/mol. The summed E-state index contributed by atoms with van der Waals surface area (Å²) < 4.78 is 16.2. The molecule has 3 rings (SSSR count). The maximum Gasteiger partial charge on any atom is 0.254 e. The molecule has 1 aromatic carbocycles. The third-order valence-corrected chi connectivity index (χ3v) is 4.37. The van der Waals surface area contributed by atoms with Crippen molar-refractivity contribution in [1.82, 2.24) is 9.88 Å². The fourth-order valence-electron chi connectivity index (χ4n) is 2.41. The van der Waals surface area contributed by atoms with E-state index >= 15 is 0 Å². The predicted octanol–water partition coefficient (Wildman–Crippen LogP) is 3.60. The van der Waals surface area contributed by atoms with E-state index in [-0.39, 0.29) is 5.91 Å². The highest BCUT2D eigenvalue weighted by Gasteiger charge is 2.17. The van der Waals surface area contributed by atoms with Crippen LogP contribution in [-0.4, -0.2) is 36.1 Å². The van der Waals surface area contributed by atoms with E-state index in [0.717, 1.165) is 11.5 Å². The molecule has 0 aliphatic carbocycles. The fraction of sp³-hybridized carbons (Fsp3) is 0.263. The van der Waals surface area contributed by atoms with Crippen molar-refractivity contribution in [3.8, 4) is 5.75 Å². The van der Waals surface area contributed by atoms with Crippen molar-refractivity contribution < 1.29 is 18.7 Å². The first-order valence-corrected chi connectivity index (χ1v) is 9.11. The lowest BCUT2D eigenvalue weighted by molar-refractivity contribution is 0.0666. The Morgan fingerprint density at radius 3 is 2.96 bits per heavy atom. The van der Waals surface area contributed by atoms with Crippen LogP contribution in [0.25, 0.3) is 0 Å². The molecule has 0 N–H and O–H groups in total. The number of carbonyl (C=O) groups excluding carboxylic acids is 1. The van der Waals surface area contributed by atoms with Gasteiger partial charge in [0.25, 0.3) is 5.91 Å². The van der Waals surface area contributed by atoms with Crippen molar-refractivity contribution in [3.63, 3.8) is 0 Å². The number of benzene rings is 1. The Bertz CT molecular complexity index is 803. The minimum absolute atomic E-state index is 0.0995. The normalized spacial score (nSPS) is 10.7. The lowest BCUT2D eigenvalue weighted by Gasteiger charge is -2.21. The molecule has 7 heteroatoms. The van der Waals surface area contributed by atoms with E-state index in [1.54, 1.807) is 42.0 Å². The molecule has 3 aromatic rings. The number of hydrogen-bond donors (Lipinski definition) is 0. The van der Waals surface area contributed by atoms with Gasteiger partial charge in [-0.1, -0.05) is 6.07 Å². The molecule has 136 valence electrons. The first kappa shape index (κ1) is 18.2. The minimum Gasteiger partial charge on any atom is -0.487 e. The maximum atomic E-state index is 12.9. The Balaban J connectivity index is 1.69. The van der Waals surface area contributed by atoms with E-state index in [0.29, 0.717) is 37.6 Å². The number of carbonyl (C=O) groups is 1. The highest BCUT2D eigenvalue weighted by molar-refractivity contribution is 7.07. The van der Waals surface area contributed by atoms with Gasteiger partial charge in [0.15, 0.2) is 0 Å². The zero-order valence-corrected chi connectivity index (χ0v) is 15.3. The second-order valence-electron chi connectivity index (χ2n) is 5.60. The van der Waals surface area contributed by atoms with Gasteiger partial charge in [-0.2, -0.15) is 0 Å². The van der Waals surface area contributed by atoms with Crippen molar-refractivity contribution in [2.24, 2.45) is 0 Å². The van der Waals surface area contributed by atoms with E-state index in [4.69, 9.17) is 13.9 Å². The van der Waals surface area contributed by atoms with Crippen molar-refractivity contribution in [2.75, 3.05) is 20.3 Å². The van der Waals surface area contributed by atoms with Gasteiger partial charge in [-0.25, -0.2) is 4.98 Å². The molecule has 0 saturated carbocycles. The molecule has 0 unspecified atom stereocenters. The van der Waals surface area contributed by atoms with Gasteiger partial charge in [0.1, 0.15) is 18.1 Å². The first-order valence-electron chi connectivity index (χ1n) is 8.17. The molecular weight excluding hydrogens is 352 g/mol. The number of ether oxygens (including phenoxy) is 2. The summed E-state index contributed by atoms with van der Waals surface area (Å²) in [6.07, 6.45) is 1.60. The zero-order chi connectivity index (χ0) is 18.2. The number of nitrogens with zero attached hydrogens (tertiary/aromatic N) is 2. The Morgan fingerprint density at radius 2 is 2.23 bits per heavy atom. The second kappa shape index (κ2) is 9.17. The summed E-state index contributed by atoms with van der Waals surface area (Å²) in [4.78, 5) is 18.8. The molecule has 1 amide bonds. The fourth-order valence-corrected chi connectivity index (χ4v) is 2.96. The summed E-state index contributed by atoms with van der Waals surface area (Å²) in [6.45, 7) is 1.69. The van der Waals surface area contributed by atoms with Gasteiger partial charge in [0.05, 0.1) is 30.6 Å². The van der Waals surface area contributed by atoms with E-state index in [2.05, 4.69) is 4.98 Å². The van der Waals surface area contributed by atoms with E-state index in [1.807, 2.05) is 23.6 Å². The van der Waals surface area contributed by atoms with Gasteiger partial charge in [-0.05, 0) is 30.3 Å². The smallest absolute Gasteiger partial charge is 0.254 e. The largest absolute Gasteiger partial charge is 0.487 e. The van der Waals surface area contributed by atoms with Gasteiger partial charge >= 0.3 is 0 Å². The molecule has 2 aromatic heterocycles. The number of hydrogen-bond acceptors (Lipinski definition) is 6. The molecule has 0 bridgehead atoms. The monoisotopic (exact) mass is 372 g/mol. The van der Waals surface area contributed by atoms with Crippen molar-refractivity contribution >= 4 is 17.2 Å². The van der Waals surface area contributed by atoms with Crippen LogP contribution in [-0.2, 0) is 17.9 Å². The topological polar surface area (TPSA) is 64.8 Å². The third kappa shape index (κ3) is 4.93. The summed E-state index contributed by atoms with van der Waals surface area (Å²) in [7, 11) is 1.61. The Kier molecular flexibility index (Phi) is 6.40. The number of aromatic nitrogens is 1. The van der Waals surface area contributed by atoms with E-state index < -0.39 is 0 Å². The van der Waals surface area contributed by atoms with Crippen LogP contribution in [0.5, 0.6) is 5.75 Å². The SMILES string of the molecule is COCCN(Cc1ccco1)C(=O)c1cccc(OCc2cscn2)c1. The lowest BCUT2D eigenvalue weighted by atomic mass is 10.2. The van der Waals surface area contributed by atoms with Crippen LogP contribution in [0.4, 0.5) is 0 Å². The van der Waals surface area contributed by atoms with Gasteiger partial charge in [-0.3, -0.25) is 4.79 Å². The molecule has 0 radical (unpaired) electrons. The number of rotatable bonds is 9. The molecule has 6 nitrogen and oxygen atoms in total. The average Bonchev–Trinajstić information content (AvgIpc) is 3.37. The Morgan fingerprint density at radius 1 is 1.31 bits per heavy atom. The summed E-state index contributed by atoms with van der Waals surface area (Å²) in [6, 6.07) is 10.8. The molecule has 0 spiro atoms. The van der Waals surface area contributed by atoms with Gasteiger partial charge in [-0.15, -0.1) is 11.3 Å². The molecule has 0 saturated heterocycles. The molecule has 2 heterocycles. The number of thiazole rings is 1. The molecule has 26 heavy (non-hydrogen) atoms. The summed E-state index contributed by atoms with van der Waals surface area (Å²) >= 11 is 1.52. The highest BCUT2D eigenvalue weighted by atomic mass is 32.1. The van der Waals surface area contributed by atoms with Crippen molar-refractivity contribution in [2.45, 2.75) is 13.2 Å².